The van der Waals surface area contributed by atoms with Crippen molar-refractivity contribution in [3.8, 4) is 0 Å². The van der Waals surface area contributed by atoms with Crippen molar-refractivity contribution in [1.29, 1.82) is 0 Å². The Hall–Kier alpha value is -1.03. The maximum atomic E-state index is 5.69. The number of rotatable bonds is 6. The summed E-state index contributed by atoms with van der Waals surface area (Å²) < 4.78 is 7.33. The summed E-state index contributed by atoms with van der Waals surface area (Å²) in [5.74, 6) is 0.701. The molecule has 0 bridgehead atoms. The molecule has 0 fully saturated rings. The molecule has 1 aromatic rings. The molecular weight excluding hydrogens is 190 g/mol. The van der Waals surface area contributed by atoms with Crippen LogP contribution in [-0.4, -0.2) is 23.0 Å². The summed E-state index contributed by atoms with van der Waals surface area (Å²) >= 11 is 0. The predicted molar refractivity (Wildman–Crippen MR) is 61.7 cm³/mol. The minimum absolute atomic E-state index is 0.701. The van der Waals surface area contributed by atoms with Gasteiger partial charge < -0.3 is 10.5 Å². The van der Waals surface area contributed by atoms with Crippen molar-refractivity contribution < 1.29 is 4.74 Å². The molecule has 0 aliphatic carbocycles. The molecule has 1 rings (SSSR count). The highest BCUT2D eigenvalue weighted by atomic mass is 16.5. The SMILES string of the molecule is Cc1nn(CCOCCC(C)C)cc1N. The zero-order valence-electron chi connectivity index (χ0n) is 9.86. The van der Waals surface area contributed by atoms with Gasteiger partial charge in [-0.15, -0.1) is 0 Å². The molecule has 2 N–H and O–H groups in total. The van der Waals surface area contributed by atoms with Crippen LogP contribution >= 0.6 is 0 Å². The van der Waals surface area contributed by atoms with Gasteiger partial charge in [-0.1, -0.05) is 13.8 Å². The number of aryl methyl sites for hydroxylation is 1. The first-order valence-corrected chi connectivity index (χ1v) is 5.47. The third kappa shape index (κ3) is 4.34. The van der Waals surface area contributed by atoms with Crippen LogP contribution in [0.5, 0.6) is 0 Å². The van der Waals surface area contributed by atoms with Crippen molar-refractivity contribution in [2.24, 2.45) is 5.92 Å². The summed E-state index contributed by atoms with van der Waals surface area (Å²) in [6, 6.07) is 0. The third-order valence-electron chi connectivity index (χ3n) is 2.29. The first-order chi connectivity index (χ1) is 7.09. The van der Waals surface area contributed by atoms with E-state index in [1.807, 2.05) is 17.8 Å². The van der Waals surface area contributed by atoms with Crippen LogP contribution < -0.4 is 5.73 Å². The van der Waals surface area contributed by atoms with E-state index in [1.165, 1.54) is 0 Å². The summed E-state index contributed by atoms with van der Waals surface area (Å²) in [6.07, 6.45) is 2.96. The molecular formula is C11H21N3O. The van der Waals surface area contributed by atoms with Gasteiger partial charge in [-0.2, -0.15) is 5.10 Å². The molecule has 4 nitrogen and oxygen atoms in total. The van der Waals surface area contributed by atoms with Gasteiger partial charge in [0.25, 0.3) is 0 Å². The van der Waals surface area contributed by atoms with Gasteiger partial charge in [0.2, 0.25) is 0 Å². The minimum Gasteiger partial charge on any atom is -0.396 e. The Labute approximate surface area is 91.4 Å². The van der Waals surface area contributed by atoms with Crippen LogP contribution in [0.2, 0.25) is 0 Å². The average molecular weight is 211 g/mol. The largest absolute Gasteiger partial charge is 0.396 e. The molecule has 0 aliphatic rings. The zero-order chi connectivity index (χ0) is 11.3. The van der Waals surface area contributed by atoms with Crippen molar-refractivity contribution in [3.05, 3.63) is 11.9 Å². The molecule has 0 radical (unpaired) electrons. The molecule has 0 unspecified atom stereocenters. The topological polar surface area (TPSA) is 53.1 Å². The molecule has 0 atom stereocenters. The molecule has 0 aliphatic heterocycles. The van der Waals surface area contributed by atoms with E-state index in [4.69, 9.17) is 10.5 Å². The lowest BCUT2D eigenvalue weighted by Gasteiger charge is -2.06. The fourth-order valence-corrected chi connectivity index (χ4v) is 1.23. The predicted octanol–water partition coefficient (Wildman–Crippen LogP) is 1.84. The Morgan fingerprint density at radius 3 is 2.73 bits per heavy atom. The number of hydrogen-bond acceptors (Lipinski definition) is 3. The Morgan fingerprint density at radius 1 is 1.47 bits per heavy atom. The standard InChI is InChI=1S/C11H21N3O/c1-9(2)4-6-15-7-5-14-8-11(12)10(3)13-14/h8-9H,4-7,12H2,1-3H3. The van der Waals surface area contributed by atoms with E-state index in [0.29, 0.717) is 12.5 Å². The van der Waals surface area contributed by atoms with E-state index >= 15 is 0 Å². The molecule has 1 aromatic heterocycles. The van der Waals surface area contributed by atoms with Gasteiger partial charge in [0.05, 0.1) is 24.5 Å². The second-order valence-corrected chi connectivity index (χ2v) is 4.23. The van der Waals surface area contributed by atoms with Gasteiger partial charge in [-0.25, -0.2) is 0 Å². The molecule has 0 spiro atoms. The summed E-state index contributed by atoms with van der Waals surface area (Å²) in [4.78, 5) is 0. The Balaban J connectivity index is 2.15. The third-order valence-corrected chi connectivity index (χ3v) is 2.29. The van der Waals surface area contributed by atoms with E-state index in [9.17, 15) is 0 Å². The molecule has 4 heteroatoms. The van der Waals surface area contributed by atoms with Crippen LogP contribution in [0, 0.1) is 12.8 Å². The van der Waals surface area contributed by atoms with Gasteiger partial charge in [-0.05, 0) is 19.3 Å². The summed E-state index contributed by atoms with van der Waals surface area (Å²) in [7, 11) is 0. The van der Waals surface area contributed by atoms with E-state index in [-0.39, 0.29) is 0 Å². The van der Waals surface area contributed by atoms with Gasteiger partial charge in [0.1, 0.15) is 0 Å². The van der Waals surface area contributed by atoms with Crippen LogP contribution in [0.15, 0.2) is 6.20 Å². The smallest absolute Gasteiger partial charge is 0.0822 e. The van der Waals surface area contributed by atoms with Crippen LogP contribution in [0.4, 0.5) is 5.69 Å². The lowest BCUT2D eigenvalue weighted by Crippen LogP contribution is -2.08. The minimum atomic E-state index is 0.701. The number of aromatic nitrogens is 2. The monoisotopic (exact) mass is 211 g/mol. The van der Waals surface area contributed by atoms with E-state index < -0.39 is 0 Å². The van der Waals surface area contributed by atoms with Crippen molar-refractivity contribution >= 4 is 5.69 Å². The van der Waals surface area contributed by atoms with Gasteiger partial charge in [-0.3, -0.25) is 4.68 Å². The zero-order valence-corrected chi connectivity index (χ0v) is 9.86. The quantitative estimate of drug-likeness (QED) is 0.730. The summed E-state index contributed by atoms with van der Waals surface area (Å²) in [6.45, 7) is 8.60. The van der Waals surface area contributed by atoms with Gasteiger partial charge >= 0.3 is 0 Å². The Morgan fingerprint density at radius 2 is 2.20 bits per heavy atom. The Bertz CT molecular complexity index is 275. The summed E-state index contributed by atoms with van der Waals surface area (Å²) in [5.41, 5.74) is 7.32. The van der Waals surface area contributed by atoms with Crippen LogP contribution in [0.3, 0.4) is 0 Å². The average Bonchev–Trinajstić information content (AvgIpc) is 2.45. The van der Waals surface area contributed by atoms with Crippen LogP contribution in [0.1, 0.15) is 26.0 Å². The highest BCUT2D eigenvalue weighted by Gasteiger charge is 2.00. The van der Waals surface area contributed by atoms with Crippen LogP contribution in [0.25, 0.3) is 0 Å². The summed E-state index contributed by atoms with van der Waals surface area (Å²) in [5, 5.41) is 4.25. The molecule has 15 heavy (non-hydrogen) atoms. The first-order valence-electron chi connectivity index (χ1n) is 5.47. The van der Waals surface area contributed by atoms with E-state index in [0.717, 1.165) is 31.0 Å². The van der Waals surface area contributed by atoms with Crippen molar-refractivity contribution in [2.45, 2.75) is 33.7 Å². The highest BCUT2D eigenvalue weighted by molar-refractivity contribution is 5.39. The molecule has 0 aromatic carbocycles. The molecule has 0 saturated carbocycles. The van der Waals surface area contributed by atoms with E-state index in [2.05, 4.69) is 18.9 Å². The molecule has 0 amide bonds. The van der Waals surface area contributed by atoms with Crippen molar-refractivity contribution in [1.82, 2.24) is 9.78 Å². The number of nitrogen functional groups attached to an aromatic ring is 1. The molecule has 0 saturated heterocycles. The number of nitrogens with zero attached hydrogens (tertiary/aromatic N) is 2. The van der Waals surface area contributed by atoms with Crippen LogP contribution in [-0.2, 0) is 11.3 Å². The second kappa shape index (κ2) is 5.75. The number of nitrogens with two attached hydrogens (primary N) is 1. The molecule has 1 heterocycles. The molecule has 86 valence electrons. The van der Waals surface area contributed by atoms with Crippen molar-refractivity contribution in [3.63, 3.8) is 0 Å². The first kappa shape index (κ1) is 12.0. The fourth-order valence-electron chi connectivity index (χ4n) is 1.23. The lowest BCUT2D eigenvalue weighted by atomic mass is 10.1. The maximum absolute atomic E-state index is 5.69. The maximum Gasteiger partial charge on any atom is 0.0822 e. The van der Waals surface area contributed by atoms with Crippen molar-refractivity contribution in [2.75, 3.05) is 18.9 Å². The van der Waals surface area contributed by atoms with Gasteiger partial charge in [0.15, 0.2) is 0 Å². The van der Waals surface area contributed by atoms with E-state index in [1.54, 1.807) is 0 Å². The normalized spacial score (nSPS) is 11.2. The number of hydrogen-bond donors (Lipinski definition) is 1. The van der Waals surface area contributed by atoms with Gasteiger partial charge in [0, 0.05) is 12.8 Å². The highest BCUT2D eigenvalue weighted by Crippen LogP contribution is 2.06. The number of anilines is 1. The fraction of sp³-hybridized carbons (Fsp3) is 0.727. The second-order valence-electron chi connectivity index (χ2n) is 4.23. The lowest BCUT2D eigenvalue weighted by molar-refractivity contribution is 0.114. The Kier molecular flexibility index (Phi) is 4.62. The number of ether oxygens (including phenoxy) is 1.